The number of carbonyl (C=O) groups excluding carboxylic acids is 2. The van der Waals surface area contributed by atoms with Crippen molar-refractivity contribution >= 4 is 22.7 Å². The maximum Gasteiger partial charge on any atom is 0.346 e. The van der Waals surface area contributed by atoms with Gasteiger partial charge in [0.05, 0.1) is 5.56 Å². The van der Waals surface area contributed by atoms with E-state index >= 15 is 0 Å². The van der Waals surface area contributed by atoms with Gasteiger partial charge in [0.2, 0.25) is 0 Å². The third-order valence-corrected chi connectivity index (χ3v) is 6.20. The molecule has 1 radical (unpaired) electrons. The molecular weight excluding hydrogens is 455 g/mol. The molecule has 0 atom stereocenters. The second-order valence-corrected chi connectivity index (χ2v) is 8.99. The minimum atomic E-state index is -0.548. The molecular formula is C29H42CoO3. The van der Waals surface area contributed by atoms with Crippen molar-refractivity contribution in [1.29, 1.82) is 0 Å². The first kappa shape index (κ1) is 29.4. The van der Waals surface area contributed by atoms with Crippen molar-refractivity contribution in [3.8, 4) is 0 Å². The summed E-state index contributed by atoms with van der Waals surface area (Å²) in [4.78, 5) is 24.4. The summed E-state index contributed by atoms with van der Waals surface area (Å²) in [6, 6.07) is 13.1. The van der Waals surface area contributed by atoms with Crippen LogP contribution >= 0.6 is 0 Å². The SMILES string of the molecule is CCCCCCCCCCCCCCCCCC(=O)OC(=O)c1cccc2ccccc12.[Co]. The van der Waals surface area contributed by atoms with Gasteiger partial charge >= 0.3 is 11.9 Å². The van der Waals surface area contributed by atoms with Gasteiger partial charge in [-0.1, -0.05) is 133 Å². The Balaban J connectivity index is 0.00000544. The number of esters is 2. The first-order chi connectivity index (χ1) is 15.7. The smallest absolute Gasteiger partial charge is 0.346 e. The molecule has 0 N–H and O–H groups in total. The molecule has 0 bridgehead atoms. The Hall–Kier alpha value is -1.65. The van der Waals surface area contributed by atoms with Crippen LogP contribution in [0.1, 0.15) is 120 Å². The number of hydrogen-bond acceptors (Lipinski definition) is 3. The minimum Gasteiger partial charge on any atom is -0.389 e. The van der Waals surface area contributed by atoms with Crippen molar-refractivity contribution in [2.24, 2.45) is 0 Å². The van der Waals surface area contributed by atoms with Crippen molar-refractivity contribution in [1.82, 2.24) is 0 Å². The number of benzene rings is 2. The summed E-state index contributed by atoms with van der Waals surface area (Å²) < 4.78 is 5.09. The summed E-state index contributed by atoms with van der Waals surface area (Å²) in [5, 5.41) is 1.79. The molecule has 4 heteroatoms. The summed E-state index contributed by atoms with van der Waals surface area (Å²) in [6.45, 7) is 2.27. The van der Waals surface area contributed by atoms with E-state index in [1.807, 2.05) is 36.4 Å². The Bertz CT molecular complexity index is 797. The monoisotopic (exact) mass is 497 g/mol. The summed E-state index contributed by atoms with van der Waals surface area (Å²) in [6.07, 6.45) is 19.6. The van der Waals surface area contributed by atoms with Crippen LogP contribution in [0.4, 0.5) is 0 Å². The van der Waals surface area contributed by atoms with Crippen LogP contribution in [0.3, 0.4) is 0 Å². The topological polar surface area (TPSA) is 43.4 Å². The molecule has 0 fully saturated rings. The number of ether oxygens (including phenoxy) is 1. The van der Waals surface area contributed by atoms with Crippen LogP contribution in [-0.2, 0) is 26.3 Å². The Morgan fingerprint density at radius 3 is 1.70 bits per heavy atom. The molecule has 33 heavy (non-hydrogen) atoms. The summed E-state index contributed by atoms with van der Waals surface area (Å²) >= 11 is 0. The fraction of sp³-hybridized carbons (Fsp3) is 0.586. The molecule has 0 heterocycles. The van der Waals surface area contributed by atoms with E-state index in [-0.39, 0.29) is 16.8 Å². The van der Waals surface area contributed by atoms with Gasteiger partial charge < -0.3 is 4.74 Å². The molecule has 0 amide bonds. The number of carbonyl (C=O) groups is 2. The largest absolute Gasteiger partial charge is 0.389 e. The number of unbranched alkanes of at least 4 members (excludes halogenated alkanes) is 14. The molecule has 0 unspecified atom stereocenters. The summed E-state index contributed by atoms with van der Waals surface area (Å²) in [5.74, 6) is -0.967. The molecule has 3 nitrogen and oxygen atoms in total. The third-order valence-electron chi connectivity index (χ3n) is 6.20. The first-order valence-electron chi connectivity index (χ1n) is 12.9. The van der Waals surface area contributed by atoms with Crippen molar-refractivity contribution < 1.29 is 31.1 Å². The van der Waals surface area contributed by atoms with Gasteiger partial charge in [-0.05, 0) is 23.3 Å². The first-order valence-corrected chi connectivity index (χ1v) is 12.9. The van der Waals surface area contributed by atoms with Crippen LogP contribution in [0, 0.1) is 0 Å². The van der Waals surface area contributed by atoms with E-state index in [1.165, 1.54) is 77.0 Å². The fourth-order valence-electron chi connectivity index (χ4n) is 4.25. The van der Waals surface area contributed by atoms with Gasteiger partial charge in [0.25, 0.3) is 0 Å². The molecule has 0 spiro atoms. The Labute approximate surface area is 211 Å². The Morgan fingerprint density at radius 2 is 1.12 bits per heavy atom. The predicted molar refractivity (Wildman–Crippen MR) is 134 cm³/mol. The molecule has 0 aliphatic carbocycles. The standard InChI is InChI=1S/C29H42O3.Co/c1-2-3-4-5-6-7-8-9-10-11-12-13-14-15-16-24-28(30)32-29(31)27-23-19-21-25-20-17-18-22-26(25)27;/h17-23H,2-16,24H2,1H3;. The quantitative estimate of drug-likeness (QED) is 0.125. The predicted octanol–water partition coefficient (Wildman–Crippen LogP) is 8.78. The van der Waals surface area contributed by atoms with E-state index in [4.69, 9.17) is 4.74 Å². The number of hydrogen-bond donors (Lipinski definition) is 0. The van der Waals surface area contributed by atoms with E-state index in [1.54, 1.807) is 6.07 Å². The molecule has 0 aliphatic heterocycles. The number of rotatable bonds is 17. The third kappa shape index (κ3) is 12.4. The van der Waals surface area contributed by atoms with E-state index in [0.717, 1.165) is 30.0 Å². The van der Waals surface area contributed by atoms with Crippen LogP contribution in [0.25, 0.3) is 10.8 Å². The van der Waals surface area contributed by atoms with Crippen LogP contribution < -0.4 is 0 Å². The maximum atomic E-state index is 12.4. The van der Waals surface area contributed by atoms with Crippen LogP contribution in [0.15, 0.2) is 42.5 Å². The second-order valence-electron chi connectivity index (χ2n) is 8.99. The van der Waals surface area contributed by atoms with Crippen molar-refractivity contribution in [2.75, 3.05) is 0 Å². The summed E-state index contributed by atoms with van der Waals surface area (Å²) in [5.41, 5.74) is 0.452. The maximum absolute atomic E-state index is 12.4. The average Bonchev–Trinajstić information content (AvgIpc) is 2.81. The molecule has 185 valence electrons. The molecule has 0 aromatic heterocycles. The Morgan fingerprint density at radius 1 is 0.636 bits per heavy atom. The molecule has 0 saturated heterocycles. The van der Waals surface area contributed by atoms with Gasteiger partial charge in [-0.25, -0.2) is 4.79 Å². The van der Waals surface area contributed by atoms with Crippen molar-refractivity contribution in [3.05, 3.63) is 48.0 Å². The zero-order valence-corrected chi connectivity index (χ0v) is 21.5. The minimum absolute atomic E-state index is 0. The van der Waals surface area contributed by atoms with E-state index in [2.05, 4.69) is 6.92 Å². The van der Waals surface area contributed by atoms with E-state index < -0.39 is 11.9 Å². The van der Waals surface area contributed by atoms with Crippen LogP contribution in [0.5, 0.6) is 0 Å². The van der Waals surface area contributed by atoms with Gasteiger partial charge in [-0.3, -0.25) is 4.79 Å². The van der Waals surface area contributed by atoms with Gasteiger partial charge in [0.1, 0.15) is 0 Å². The molecule has 0 saturated carbocycles. The van der Waals surface area contributed by atoms with Crippen LogP contribution in [-0.4, -0.2) is 11.9 Å². The average molecular weight is 498 g/mol. The Kier molecular flexibility index (Phi) is 16.7. The van der Waals surface area contributed by atoms with Gasteiger partial charge in [0, 0.05) is 23.2 Å². The normalized spacial score (nSPS) is 10.7. The second kappa shape index (κ2) is 18.7. The number of fused-ring (bicyclic) bond motifs is 1. The molecule has 2 aromatic carbocycles. The van der Waals surface area contributed by atoms with Gasteiger partial charge in [0.15, 0.2) is 0 Å². The molecule has 2 aromatic rings. The van der Waals surface area contributed by atoms with Crippen molar-refractivity contribution in [3.63, 3.8) is 0 Å². The van der Waals surface area contributed by atoms with E-state index in [9.17, 15) is 9.59 Å². The van der Waals surface area contributed by atoms with Gasteiger partial charge in [-0.15, -0.1) is 0 Å². The van der Waals surface area contributed by atoms with Crippen LogP contribution in [0.2, 0.25) is 0 Å². The molecule has 2 rings (SSSR count). The molecule has 0 aliphatic rings. The van der Waals surface area contributed by atoms with Crippen molar-refractivity contribution in [2.45, 2.75) is 110 Å². The zero-order chi connectivity index (χ0) is 22.9. The van der Waals surface area contributed by atoms with E-state index in [0.29, 0.717) is 12.0 Å². The summed E-state index contributed by atoms with van der Waals surface area (Å²) in [7, 11) is 0. The zero-order valence-electron chi connectivity index (χ0n) is 20.4. The van der Waals surface area contributed by atoms with Gasteiger partial charge in [-0.2, -0.15) is 0 Å². The fourth-order valence-corrected chi connectivity index (χ4v) is 4.25.